The fourth-order valence-electron chi connectivity index (χ4n) is 2.96. The van der Waals surface area contributed by atoms with E-state index in [9.17, 15) is 18.3 Å². The average Bonchev–Trinajstić information content (AvgIpc) is 2.78. The molecule has 0 atom stereocenters. The number of carbonyl (C=O) groups is 1. The van der Waals surface area contributed by atoms with E-state index in [1.54, 1.807) is 6.92 Å². The van der Waals surface area contributed by atoms with Crippen LogP contribution in [0.3, 0.4) is 0 Å². The molecule has 168 valence electrons. The molecule has 0 spiro atoms. The lowest BCUT2D eigenvalue weighted by molar-refractivity contribution is 0.0696. The number of hydrogen-bond acceptors (Lipinski definition) is 5. The van der Waals surface area contributed by atoms with Crippen molar-refractivity contribution in [2.24, 2.45) is 0 Å². The summed E-state index contributed by atoms with van der Waals surface area (Å²) in [6.45, 7) is 3.95. The number of aryl methyl sites for hydroxylation is 2. The zero-order valence-corrected chi connectivity index (χ0v) is 19.5. The van der Waals surface area contributed by atoms with E-state index in [2.05, 4.69) is 11.6 Å². The van der Waals surface area contributed by atoms with Crippen LogP contribution in [0.15, 0.2) is 76.5 Å². The van der Waals surface area contributed by atoms with Gasteiger partial charge < -0.3 is 9.84 Å². The van der Waals surface area contributed by atoms with E-state index in [1.165, 1.54) is 35.5 Å². The molecule has 0 aromatic heterocycles. The van der Waals surface area contributed by atoms with Gasteiger partial charge in [-0.25, -0.2) is 17.9 Å². The Morgan fingerprint density at radius 2 is 1.62 bits per heavy atom. The van der Waals surface area contributed by atoms with Gasteiger partial charge in [-0.3, -0.25) is 0 Å². The highest BCUT2D eigenvalue weighted by atomic mass is 32.2. The summed E-state index contributed by atoms with van der Waals surface area (Å²) in [5.74, 6) is 0.878. The zero-order chi connectivity index (χ0) is 23.1. The van der Waals surface area contributed by atoms with Crippen LogP contribution < -0.4 is 9.46 Å². The minimum absolute atomic E-state index is 0.0223. The van der Waals surface area contributed by atoms with Crippen molar-refractivity contribution in [1.29, 1.82) is 0 Å². The number of carboxylic acids is 1. The van der Waals surface area contributed by atoms with Crippen LogP contribution in [0.5, 0.6) is 11.5 Å². The predicted molar refractivity (Wildman–Crippen MR) is 126 cm³/mol. The number of rotatable bonds is 10. The minimum Gasteiger partial charge on any atom is -0.478 e. The SMILES string of the molecule is CCc1ccc(Oc2ccc(SCCNS(=O)(=O)c3ccc(C)c(C(=O)O)c3)cc2)cc1. The van der Waals surface area contributed by atoms with Gasteiger partial charge in [-0.2, -0.15) is 0 Å². The zero-order valence-electron chi connectivity index (χ0n) is 17.9. The summed E-state index contributed by atoms with van der Waals surface area (Å²) in [5, 5.41) is 9.19. The van der Waals surface area contributed by atoms with Gasteiger partial charge in [-0.05, 0) is 73.0 Å². The van der Waals surface area contributed by atoms with Crippen LogP contribution in [-0.2, 0) is 16.4 Å². The molecule has 0 unspecified atom stereocenters. The highest BCUT2D eigenvalue weighted by Gasteiger charge is 2.17. The molecule has 0 amide bonds. The molecule has 0 saturated carbocycles. The first-order valence-corrected chi connectivity index (χ1v) is 12.6. The molecule has 3 aromatic carbocycles. The summed E-state index contributed by atoms with van der Waals surface area (Å²) in [6, 6.07) is 19.7. The average molecular weight is 472 g/mol. The molecule has 0 aliphatic carbocycles. The van der Waals surface area contributed by atoms with Crippen molar-refractivity contribution in [3.63, 3.8) is 0 Å². The summed E-state index contributed by atoms with van der Waals surface area (Å²) < 4.78 is 33.3. The second-order valence-electron chi connectivity index (χ2n) is 7.10. The summed E-state index contributed by atoms with van der Waals surface area (Å²) in [7, 11) is -3.78. The minimum atomic E-state index is -3.78. The van der Waals surface area contributed by atoms with Crippen LogP contribution in [0.25, 0.3) is 0 Å². The number of carboxylic acid groups (broad SMARTS) is 1. The molecule has 0 bridgehead atoms. The smallest absolute Gasteiger partial charge is 0.335 e. The van der Waals surface area contributed by atoms with Crippen LogP contribution in [0.2, 0.25) is 0 Å². The van der Waals surface area contributed by atoms with E-state index in [4.69, 9.17) is 4.74 Å². The normalized spacial score (nSPS) is 11.3. The first-order chi connectivity index (χ1) is 15.3. The molecule has 6 nitrogen and oxygen atoms in total. The number of nitrogens with one attached hydrogen (secondary N) is 1. The molecule has 32 heavy (non-hydrogen) atoms. The highest BCUT2D eigenvalue weighted by molar-refractivity contribution is 7.99. The first-order valence-electron chi connectivity index (χ1n) is 10.1. The van der Waals surface area contributed by atoms with E-state index in [1.807, 2.05) is 48.5 Å². The van der Waals surface area contributed by atoms with E-state index >= 15 is 0 Å². The number of benzene rings is 3. The lowest BCUT2D eigenvalue weighted by atomic mass is 10.1. The Balaban J connectivity index is 1.51. The van der Waals surface area contributed by atoms with E-state index < -0.39 is 16.0 Å². The molecule has 0 heterocycles. The Hall–Kier alpha value is -2.81. The Morgan fingerprint density at radius 3 is 2.22 bits per heavy atom. The topological polar surface area (TPSA) is 92.7 Å². The Morgan fingerprint density at radius 1 is 1.00 bits per heavy atom. The molecule has 0 fully saturated rings. The second-order valence-corrected chi connectivity index (χ2v) is 10.0. The predicted octanol–water partition coefficient (Wildman–Crippen LogP) is 5.12. The maximum Gasteiger partial charge on any atom is 0.335 e. The molecular weight excluding hydrogens is 446 g/mol. The van der Waals surface area contributed by atoms with E-state index in [-0.39, 0.29) is 17.0 Å². The van der Waals surface area contributed by atoms with Gasteiger partial charge in [0.2, 0.25) is 10.0 Å². The van der Waals surface area contributed by atoms with Crippen molar-refractivity contribution in [1.82, 2.24) is 4.72 Å². The molecule has 2 N–H and O–H groups in total. The number of aromatic carboxylic acids is 1. The van der Waals surface area contributed by atoms with Gasteiger partial charge in [-0.15, -0.1) is 11.8 Å². The fraction of sp³-hybridized carbons (Fsp3) is 0.208. The quantitative estimate of drug-likeness (QED) is 0.315. The molecule has 0 aliphatic rings. The van der Waals surface area contributed by atoms with Crippen LogP contribution in [0.4, 0.5) is 0 Å². The van der Waals surface area contributed by atoms with Crippen LogP contribution in [0.1, 0.15) is 28.4 Å². The third-order valence-electron chi connectivity index (χ3n) is 4.80. The highest BCUT2D eigenvalue weighted by Crippen LogP contribution is 2.25. The number of hydrogen-bond donors (Lipinski definition) is 2. The fourth-order valence-corrected chi connectivity index (χ4v) is 4.92. The second kappa shape index (κ2) is 10.7. The van der Waals surface area contributed by atoms with Gasteiger partial charge >= 0.3 is 5.97 Å². The summed E-state index contributed by atoms with van der Waals surface area (Å²) >= 11 is 1.51. The third-order valence-corrected chi connectivity index (χ3v) is 7.28. The van der Waals surface area contributed by atoms with Gasteiger partial charge in [0.25, 0.3) is 0 Å². The number of ether oxygens (including phenoxy) is 1. The van der Waals surface area contributed by atoms with Crippen LogP contribution in [-0.4, -0.2) is 31.8 Å². The molecule has 3 aromatic rings. The summed E-state index contributed by atoms with van der Waals surface area (Å²) in [5.41, 5.74) is 1.74. The molecule has 0 radical (unpaired) electrons. The van der Waals surface area contributed by atoms with Crippen LogP contribution in [0, 0.1) is 6.92 Å². The van der Waals surface area contributed by atoms with Crippen LogP contribution >= 0.6 is 11.8 Å². The lowest BCUT2D eigenvalue weighted by Crippen LogP contribution is -2.26. The first kappa shape index (κ1) is 23.8. The number of sulfonamides is 1. The Bertz CT molecular complexity index is 1170. The number of thioether (sulfide) groups is 1. The standard InChI is InChI=1S/C24H25NO5S2/c1-3-18-5-7-19(8-6-18)30-20-9-11-21(12-10-20)31-15-14-25-32(28,29)22-13-4-17(2)23(16-22)24(26)27/h4-13,16,25H,3,14-15H2,1-2H3,(H,26,27). The van der Waals surface area contributed by atoms with Gasteiger partial charge in [0.15, 0.2) is 0 Å². The van der Waals surface area contributed by atoms with Gasteiger partial charge in [0.05, 0.1) is 10.5 Å². The third kappa shape index (κ3) is 6.35. The molecular formula is C24H25NO5S2. The van der Waals surface area contributed by atoms with Crippen molar-refractivity contribution in [2.45, 2.75) is 30.1 Å². The van der Waals surface area contributed by atoms with Crippen molar-refractivity contribution in [3.05, 3.63) is 83.4 Å². The van der Waals surface area contributed by atoms with E-state index in [0.29, 0.717) is 11.3 Å². The summed E-state index contributed by atoms with van der Waals surface area (Å²) in [4.78, 5) is 12.2. The molecule has 8 heteroatoms. The Kier molecular flexibility index (Phi) is 7.95. The van der Waals surface area contributed by atoms with Crippen molar-refractivity contribution in [3.8, 4) is 11.5 Å². The van der Waals surface area contributed by atoms with Gasteiger partial charge in [0, 0.05) is 17.2 Å². The van der Waals surface area contributed by atoms with E-state index in [0.717, 1.165) is 22.8 Å². The molecule has 0 aliphatic heterocycles. The summed E-state index contributed by atoms with van der Waals surface area (Å²) in [6.07, 6.45) is 0.983. The maximum absolute atomic E-state index is 12.5. The Labute approximate surface area is 192 Å². The molecule has 3 rings (SSSR count). The van der Waals surface area contributed by atoms with Gasteiger partial charge in [-0.1, -0.05) is 25.1 Å². The maximum atomic E-state index is 12.5. The lowest BCUT2D eigenvalue weighted by Gasteiger charge is -2.09. The van der Waals surface area contributed by atoms with Crippen molar-refractivity contribution >= 4 is 27.8 Å². The largest absolute Gasteiger partial charge is 0.478 e. The van der Waals surface area contributed by atoms with Gasteiger partial charge in [0.1, 0.15) is 11.5 Å². The molecule has 0 saturated heterocycles. The monoisotopic (exact) mass is 471 g/mol. The van der Waals surface area contributed by atoms with Crippen molar-refractivity contribution in [2.75, 3.05) is 12.3 Å². The van der Waals surface area contributed by atoms with Crippen molar-refractivity contribution < 1.29 is 23.1 Å².